The van der Waals surface area contributed by atoms with Gasteiger partial charge in [0.25, 0.3) is 5.91 Å². The predicted molar refractivity (Wildman–Crippen MR) is 116 cm³/mol. The molecule has 170 valence electrons. The van der Waals surface area contributed by atoms with Crippen LogP contribution >= 0.6 is 0 Å². The van der Waals surface area contributed by atoms with E-state index in [1.165, 1.54) is 4.90 Å². The van der Waals surface area contributed by atoms with Gasteiger partial charge in [0.1, 0.15) is 6.04 Å². The van der Waals surface area contributed by atoms with E-state index in [1.807, 2.05) is 35.2 Å². The van der Waals surface area contributed by atoms with Crippen LogP contribution < -0.4 is 5.32 Å². The lowest BCUT2D eigenvalue weighted by molar-refractivity contribution is -0.149. The van der Waals surface area contributed by atoms with Crippen LogP contribution in [0.2, 0.25) is 0 Å². The highest BCUT2D eigenvalue weighted by atomic mass is 16.2. The smallest absolute Gasteiger partial charge is 0.324 e. The molecule has 4 atom stereocenters. The first kappa shape index (κ1) is 21.0. The van der Waals surface area contributed by atoms with Gasteiger partial charge >= 0.3 is 6.03 Å². The van der Waals surface area contributed by atoms with Crippen molar-refractivity contribution in [1.29, 1.82) is 0 Å². The molecule has 8 heteroatoms. The first-order valence-electron chi connectivity index (χ1n) is 11.7. The Hall–Kier alpha value is -2.90. The summed E-state index contributed by atoms with van der Waals surface area (Å²) >= 11 is 0. The van der Waals surface area contributed by atoms with Gasteiger partial charge in [-0.15, -0.1) is 0 Å². The minimum absolute atomic E-state index is 0.000832. The fourth-order valence-electron chi connectivity index (χ4n) is 5.93. The lowest BCUT2D eigenvalue weighted by atomic mass is 9.76. The second-order valence-electron chi connectivity index (χ2n) is 9.60. The van der Waals surface area contributed by atoms with Crippen molar-refractivity contribution in [3.63, 3.8) is 0 Å². The number of hydrogen-bond donors (Lipinski definition) is 1. The number of hydrogen-bond acceptors (Lipinski definition) is 4. The molecule has 0 unspecified atom stereocenters. The summed E-state index contributed by atoms with van der Waals surface area (Å²) in [5, 5.41) is 2.70. The summed E-state index contributed by atoms with van der Waals surface area (Å²) in [5.74, 6) is 0.462. The minimum atomic E-state index is -0.791. The Morgan fingerprint density at radius 2 is 1.88 bits per heavy atom. The van der Waals surface area contributed by atoms with Gasteiger partial charge in [0.05, 0.1) is 6.42 Å². The van der Waals surface area contributed by atoms with Crippen LogP contribution in [0.3, 0.4) is 0 Å². The van der Waals surface area contributed by atoms with Crippen LogP contribution in [0.5, 0.6) is 0 Å². The quantitative estimate of drug-likeness (QED) is 0.704. The zero-order valence-electron chi connectivity index (χ0n) is 18.2. The summed E-state index contributed by atoms with van der Waals surface area (Å²) in [6.45, 7) is 2.30. The van der Waals surface area contributed by atoms with E-state index in [1.54, 1.807) is 0 Å². The Balaban J connectivity index is 1.18. The molecule has 0 aromatic heterocycles. The Morgan fingerprint density at radius 1 is 1.06 bits per heavy atom. The second kappa shape index (κ2) is 8.56. The molecule has 4 heterocycles. The minimum Gasteiger partial charge on any atom is -0.342 e. The molecule has 0 spiro atoms. The van der Waals surface area contributed by atoms with Crippen molar-refractivity contribution in [3.05, 3.63) is 35.9 Å². The van der Waals surface area contributed by atoms with Gasteiger partial charge < -0.3 is 15.1 Å². The van der Waals surface area contributed by atoms with Crippen molar-refractivity contribution in [3.8, 4) is 0 Å². The average Bonchev–Trinajstić information content (AvgIpc) is 3.06. The first-order valence-corrected chi connectivity index (χ1v) is 11.7. The number of rotatable bonds is 5. The van der Waals surface area contributed by atoms with Crippen LogP contribution in [0.25, 0.3) is 0 Å². The third kappa shape index (κ3) is 3.98. The summed E-state index contributed by atoms with van der Waals surface area (Å²) < 4.78 is 0. The van der Waals surface area contributed by atoms with Gasteiger partial charge in [-0.25, -0.2) is 4.79 Å². The van der Waals surface area contributed by atoms with Gasteiger partial charge in [-0.1, -0.05) is 30.3 Å². The maximum absolute atomic E-state index is 13.1. The van der Waals surface area contributed by atoms with Gasteiger partial charge in [0.2, 0.25) is 11.8 Å². The fourth-order valence-corrected chi connectivity index (χ4v) is 5.93. The standard InChI is InChI=1S/C24H30N4O4/c29-21-8-4-7-20-18-11-17(14-28(20)21)13-26(15-18)22(30)12-19-23(31)27(24(32)25-19)10-9-16-5-2-1-3-6-16/h1-3,5-6,17-20H,4,7-15H2,(H,25,32)/t17-,18+,19+,20+/m1/s1. The molecule has 4 aliphatic rings. The monoisotopic (exact) mass is 438 g/mol. The third-order valence-electron chi connectivity index (χ3n) is 7.49. The molecule has 1 N–H and O–H groups in total. The molecule has 8 nitrogen and oxygen atoms in total. The molecule has 1 aromatic carbocycles. The van der Waals surface area contributed by atoms with Crippen LogP contribution in [0, 0.1) is 11.8 Å². The molecule has 4 aliphatic heterocycles. The number of piperidine rings is 3. The molecule has 32 heavy (non-hydrogen) atoms. The molecule has 5 amide bonds. The van der Waals surface area contributed by atoms with Gasteiger partial charge in [-0.05, 0) is 43.1 Å². The lowest BCUT2D eigenvalue weighted by Crippen LogP contribution is -2.61. The van der Waals surface area contributed by atoms with Crippen molar-refractivity contribution in [2.75, 3.05) is 26.2 Å². The molecule has 0 saturated carbocycles. The molecular formula is C24H30N4O4. The summed E-state index contributed by atoms with van der Waals surface area (Å²) in [6, 6.07) is 8.75. The molecule has 4 fully saturated rings. The largest absolute Gasteiger partial charge is 0.342 e. The Labute approximate surface area is 187 Å². The molecule has 0 radical (unpaired) electrons. The van der Waals surface area contributed by atoms with Crippen LogP contribution in [0.4, 0.5) is 4.79 Å². The van der Waals surface area contributed by atoms with Gasteiger partial charge in [-0.2, -0.15) is 0 Å². The fraction of sp³-hybridized carbons (Fsp3) is 0.583. The molecule has 0 aliphatic carbocycles. The van der Waals surface area contributed by atoms with Crippen molar-refractivity contribution >= 4 is 23.8 Å². The maximum atomic E-state index is 13.1. The Morgan fingerprint density at radius 3 is 2.69 bits per heavy atom. The predicted octanol–water partition coefficient (Wildman–Crippen LogP) is 1.40. The van der Waals surface area contributed by atoms with E-state index >= 15 is 0 Å². The van der Waals surface area contributed by atoms with Crippen LogP contribution in [-0.4, -0.2) is 76.7 Å². The van der Waals surface area contributed by atoms with E-state index in [-0.39, 0.29) is 30.2 Å². The number of amides is 5. The highest BCUT2D eigenvalue weighted by Gasteiger charge is 2.46. The number of imide groups is 1. The van der Waals surface area contributed by atoms with E-state index in [4.69, 9.17) is 0 Å². The maximum Gasteiger partial charge on any atom is 0.324 e. The number of likely N-dealkylation sites (tertiary alicyclic amines) is 1. The van der Waals surface area contributed by atoms with Gasteiger partial charge in [-0.3, -0.25) is 19.3 Å². The highest BCUT2D eigenvalue weighted by Crippen LogP contribution is 2.38. The van der Waals surface area contributed by atoms with Gasteiger partial charge in [0, 0.05) is 38.6 Å². The van der Waals surface area contributed by atoms with Crippen molar-refractivity contribution in [1.82, 2.24) is 20.0 Å². The summed E-state index contributed by atoms with van der Waals surface area (Å²) in [5.41, 5.74) is 1.06. The van der Waals surface area contributed by atoms with Crippen molar-refractivity contribution in [2.24, 2.45) is 11.8 Å². The van der Waals surface area contributed by atoms with Crippen molar-refractivity contribution < 1.29 is 19.2 Å². The SMILES string of the molecule is O=C(C[C@@H]1NC(=O)N(CCc2ccccc2)C1=O)N1C[C@H]2C[C@@H](C1)[C@@H]1CCCC(=O)N1C2. The number of fused-ring (bicyclic) bond motifs is 4. The van der Waals surface area contributed by atoms with Crippen LogP contribution in [0.15, 0.2) is 30.3 Å². The Kier molecular flexibility index (Phi) is 5.61. The zero-order chi connectivity index (χ0) is 22.2. The Bertz CT molecular complexity index is 920. The number of carbonyl (C=O) groups excluding carboxylic acids is 4. The first-order chi connectivity index (χ1) is 15.5. The summed E-state index contributed by atoms with van der Waals surface area (Å²) in [7, 11) is 0. The second-order valence-corrected chi connectivity index (χ2v) is 9.60. The summed E-state index contributed by atoms with van der Waals surface area (Å²) in [6.07, 6.45) is 4.23. The molecule has 1 aromatic rings. The third-order valence-corrected chi connectivity index (χ3v) is 7.49. The van der Waals surface area contributed by atoms with Crippen molar-refractivity contribution in [2.45, 2.75) is 50.6 Å². The lowest BCUT2D eigenvalue weighted by Gasteiger charge is -2.52. The topological polar surface area (TPSA) is 90.0 Å². The van der Waals surface area contributed by atoms with Crippen LogP contribution in [-0.2, 0) is 20.8 Å². The van der Waals surface area contributed by atoms with E-state index < -0.39 is 12.1 Å². The average molecular weight is 439 g/mol. The van der Waals surface area contributed by atoms with E-state index in [9.17, 15) is 19.2 Å². The summed E-state index contributed by atoms with van der Waals surface area (Å²) in [4.78, 5) is 55.7. The zero-order valence-corrected chi connectivity index (χ0v) is 18.2. The number of nitrogens with zero attached hydrogens (tertiary/aromatic N) is 3. The van der Waals surface area contributed by atoms with Crippen LogP contribution in [0.1, 0.15) is 37.7 Å². The highest BCUT2D eigenvalue weighted by molar-refractivity contribution is 6.05. The molecule has 4 saturated heterocycles. The number of carbonyl (C=O) groups is 4. The molecular weight excluding hydrogens is 408 g/mol. The van der Waals surface area contributed by atoms with E-state index in [2.05, 4.69) is 10.2 Å². The number of urea groups is 1. The van der Waals surface area contributed by atoms with Gasteiger partial charge in [0.15, 0.2) is 0 Å². The molecule has 2 bridgehead atoms. The normalized spacial score (nSPS) is 29.8. The van der Waals surface area contributed by atoms with E-state index in [0.29, 0.717) is 44.3 Å². The molecule has 5 rings (SSSR count). The number of benzene rings is 1. The van der Waals surface area contributed by atoms with E-state index in [0.717, 1.165) is 31.4 Å². The number of nitrogens with one attached hydrogen (secondary N) is 1.